The number of furan rings is 1. The average Bonchev–Trinajstić information content (AvgIpc) is 3.13. The molecule has 2 aliphatic heterocycles. The number of piperidine rings is 1. The number of hydrogen-bond donors (Lipinski definition) is 1. The molecule has 1 aromatic rings. The predicted octanol–water partition coefficient (Wildman–Crippen LogP) is 1.90. The van der Waals surface area contributed by atoms with Gasteiger partial charge in [-0.25, -0.2) is 13.1 Å². The molecule has 2 aliphatic rings. The zero-order chi connectivity index (χ0) is 17.2. The standard InChI is InChI=1S/C17H28N2O4S/c1-3-24(20,21)18-9-7-17-8-11-22-16(17)6-10-19(13-17)12-15-5-4-14(2)23-15/h4-5,16,18H,3,6-13H2,1-2H3/t16-,17+/m0/s1. The van der Waals surface area contributed by atoms with Crippen molar-refractivity contribution in [3.05, 3.63) is 23.7 Å². The fourth-order valence-electron chi connectivity index (χ4n) is 3.98. The number of rotatable bonds is 7. The van der Waals surface area contributed by atoms with Crippen molar-refractivity contribution in [2.24, 2.45) is 5.41 Å². The second-order valence-electron chi connectivity index (χ2n) is 7.03. The Bertz CT molecular complexity index is 657. The Balaban J connectivity index is 1.62. The smallest absolute Gasteiger partial charge is 0.211 e. The molecule has 1 N–H and O–H groups in total. The maximum atomic E-state index is 11.7. The third-order valence-electron chi connectivity index (χ3n) is 5.35. The van der Waals surface area contributed by atoms with Crippen molar-refractivity contribution in [1.82, 2.24) is 9.62 Å². The van der Waals surface area contributed by atoms with Gasteiger partial charge in [0.1, 0.15) is 11.5 Å². The van der Waals surface area contributed by atoms with E-state index in [9.17, 15) is 8.42 Å². The lowest BCUT2D eigenvalue weighted by Crippen LogP contribution is -2.50. The van der Waals surface area contributed by atoms with Crippen LogP contribution >= 0.6 is 0 Å². The summed E-state index contributed by atoms with van der Waals surface area (Å²) >= 11 is 0. The van der Waals surface area contributed by atoms with Gasteiger partial charge in [0.05, 0.1) is 18.4 Å². The van der Waals surface area contributed by atoms with Crippen LogP contribution in [0.4, 0.5) is 0 Å². The predicted molar refractivity (Wildman–Crippen MR) is 92.2 cm³/mol. The van der Waals surface area contributed by atoms with Gasteiger partial charge in [0.25, 0.3) is 0 Å². The normalized spacial score (nSPS) is 28.2. The van der Waals surface area contributed by atoms with Gasteiger partial charge in [0.15, 0.2) is 0 Å². The van der Waals surface area contributed by atoms with Gasteiger partial charge in [-0.15, -0.1) is 0 Å². The number of nitrogens with zero attached hydrogens (tertiary/aromatic N) is 1. The summed E-state index contributed by atoms with van der Waals surface area (Å²) in [6.45, 7) is 7.63. The molecule has 0 aromatic carbocycles. The highest BCUT2D eigenvalue weighted by Crippen LogP contribution is 2.43. The molecule has 0 amide bonds. The minimum Gasteiger partial charge on any atom is -0.465 e. The molecule has 3 rings (SSSR count). The molecule has 24 heavy (non-hydrogen) atoms. The Kier molecular flexibility index (Phi) is 5.34. The van der Waals surface area contributed by atoms with Crippen molar-refractivity contribution in [3.63, 3.8) is 0 Å². The largest absolute Gasteiger partial charge is 0.465 e. The van der Waals surface area contributed by atoms with Crippen LogP contribution in [0.5, 0.6) is 0 Å². The Morgan fingerprint density at radius 3 is 2.96 bits per heavy atom. The van der Waals surface area contributed by atoms with E-state index in [0.717, 1.165) is 57.0 Å². The minimum atomic E-state index is -3.13. The zero-order valence-corrected chi connectivity index (χ0v) is 15.4. The van der Waals surface area contributed by atoms with Crippen LogP contribution in [-0.2, 0) is 21.3 Å². The summed E-state index contributed by atoms with van der Waals surface area (Å²) in [7, 11) is -3.13. The number of sulfonamides is 1. The molecule has 0 bridgehead atoms. The molecular weight excluding hydrogens is 328 g/mol. The summed E-state index contributed by atoms with van der Waals surface area (Å²) in [4.78, 5) is 2.41. The van der Waals surface area contributed by atoms with E-state index >= 15 is 0 Å². The third kappa shape index (κ3) is 4.02. The number of fused-ring (bicyclic) bond motifs is 1. The van der Waals surface area contributed by atoms with Gasteiger partial charge < -0.3 is 9.15 Å². The molecule has 0 radical (unpaired) electrons. The topological polar surface area (TPSA) is 71.8 Å². The van der Waals surface area contributed by atoms with E-state index in [4.69, 9.17) is 9.15 Å². The summed E-state index contributed by atoms with van der Waals surface area (Å²) in [5.41, 5.74) is 0.0517. The van der Waals surface area contributed by atoms with Crippen LogP contribution in [0.3, 0.4) is 0 Å². The van der Waals surface area contributed by atoms with E-state index in [1.165, 1.54) is 0 Å². The number of aryl methyl sites for hydroxylation is 1. The molecule has 0 aliphatic carbocycles. The van der Waals surface area contributed by atoms with Gasteiger partial charge in [-0.1, -0.05) is 0 Å². The van der Waals surface area contributed by atoms with Crippen molar-refractivity contribution in [3.8, 4) is 0 Å². The Hall–Kier alpha value is -0.890. The van der Waals surface area contributed by atoms with Crippen molar-refractivity contribution >= 4 is 10.0 Å². The molecule has 7 heteroatoms. The molecule has 0 unspecified atom stereocenters. The van der Waals surface area contributed by atoms with Gasteiger partial charge in [-0.3, -0.25) is 4.90 Å². The fourth-order valence-corrected chi connectivity index (χ4v) is 4.60. The van der Waals surface area contributed by atoms with Crippen LogP contribution in [0.25, 0.3) is 0 Å². The first-order valence-corrected chi connectivity index (χ1v) is 10.4. The number of likely N-dealkylation sites (tertiary alicyclic amines) is 1. The van der Waals surface area contributed by atoms with E-state index in [2.05, 4.69) is 9.62 Å². The molecule has 0 spiro atoms. The monoisotopic (exact) mass is 356 g/mol. The molecule has 0 saturated carbocycles. The van der Waals surface area contributed by atoms with E-state index in [-0.39, 0.29) is 17.3 Å². The van der Waals surface area contributed by atoms with Gasteiger partial charge in [0, 0.05) is 31.7 Å². The number of hydrogen-bond acceptors (Lipinski definition) is 5. The van der Waals surface area contributed by atoms with Crippen molar-refractivity contribution in [2.75, 3.05) is 32.0 Å². The second-order valence-corrected chi connectivity index (χ2v) is 9.13. The van der Waals surface area contributed by atoms with E-state index in [0.29, 0.717) is 6.54 Å². The Labute approximate surface area is 144 Å². The van der Waals surface area contributed by atoms with E-state index in [1.54, 1.807) is 6.92 Å². The van der Waals surface area contributed by atoms with E-state index < -0.39 is 10.0 Å². The lowest BCUT2D eigenvalue weighted by molar-refractivity contribution is -0.0252. The number of ether oxygens (including phenoxy) is 1. The first-order valence-electron chi connectivity index (χ1n) is 8.79. The Morgan fingerprint density at radius 1 is 1.42 bits per heavy atom. The molecule has 1 aromatic heterocycles. The highest BCUT2D eigenvalue weighted by molar-refractivity contribution is 7.89. The molecule has 2 fully saturated rings. The molecule has 136 valence electrons. The maximum absolute atomic E-state index is 11.7. The van der Waals surface area contributed by atoms with Crippen molar-refractivity contribution in [1.29, 1.82) is 0 Å². The summed E-state index contributed by atoms with van der Waals surface area (Å²) < 4.78 is 37.7. The summed E-state index contributed by atoms with van der Waals surface area (Å²) in [5, 5.41) is 0. The van der Waals surface area contributed by atoms with Crippen molar-refractivity contribution < 1.29 is 17.6 Å². The number of nitrogens with one attached hydrogen (secondary N) is 1. The molecule has 2 atom stereocenters. The minimum absolute atomic E-state index is 0.0517. The van der Waals surface area contributed by atoms with E-state index in [1.807, 2.05) is 19.1 Å². The fraction of sp³-hybridized carbons (Fsp3) is 0.765. The van der Waals surface area contributed by atoms with Crippen LogP contribution in [-0.4, -0.2) is 51.4 Å². The van der Waals surface area contributed by atoms with Gasteiger partial charge in [-0.2, -0.15) is 0 Å². The molecule has 6 nitrogen and oxygen atoms in total. The summed E-state index contributed by atoms with van der Waals surface area (Å²) in [6, 6.07) is 4.03. The van der Waals surface area contributed by atoms with Crippen LogP contribution < -0.4 is 4.72 Å². The first kappa shape index (κ1) is 17.9. The van der Waals surface area contributed by atoms with Gasteiger partial charge in [-0.05, 0) is 45.2 Å². The molecular formula is C17H28N2O4S. The second kappa shape index (κ2) is 7.15. The lowest BCUT2D eigenvalue weighted by atomic mass is 9.74. The van der Waals surface area contributed by atoms with Crippen LogP contribution in [0, 0.1) is 12.3 Å². The van der Waals surface area contributed by atoms with Crippen LogP contribution in [0.1, 0.15) is 37.7 Å². The van der Waals surface area contributed by atoms with Crippen LogP contribution in [0.15, 0.2) is 16.5 Å². The summed E-state index contributed by atoms with van der Waals surface area (Å²) in [5.74, 6) is 2.06. The molecule has 2 saturated heterocycles. The average molecular weight is 356 g/mol. The highest BCUT2D eigenvalue weighted by Gasteiger charge is 2.47. The van der Waals surface area contributed by atoms with Crippen LogP contribution in [0.2, 0.25) is 0 Å². The SMILES string of the molecule is CCS(=O)(=O)NCC[C@]12CCO[C@H]1CCN(Cc1ccc(C)o1)C2. The van der Waals surface area contributed by atoms with Gasteiger partial charge >= 0.3 is 0 Å². The zero-order valence-electron chi connectivity index (χ0n) is 14.6. The summed E-state index contributed by atoms with van der Waals surface area (Å²) in [6.07, 6.45) is 3.07. The third-order valence-corrected chi connectivity index (χ3v) is 6.75. The highest BCUT2D eigenvalue weighted by atomic mass is 32.2. The first-order chi connectivity index (χ1) is 11.4. The van der Waals surface area contributed by atoms with Crippen molar-refractivity contribution in [2.45, 2.75) is 45.8 Å². The lowest BCUT2D eigenvalue weighted by Gasteiger charge is -2.43. The Morgan fingerprint density at radius 2 is 2.25 bits per heavy atom. The molecule has 3 heterocycles. The quantitative estimate of drug-likeness (QED) is 0.808. The maximum Gasteiger partial charge on any atom is 0.211 e. The van der Waals surface area contributed by atoms with Gasteiger partial charge in [0.2, 0.25) is 10.0 Å².